The highest BCUT2D eigenvalue weighted by Gasteiger charge is 2.14. The molecule has 0 aliphatic carbocycles. The molecule has 1 fully saturated rings. The Labute approximate surface area is 52.8 Å². The number of nitrogens with zero attached hydrogens (tertiary/aromatic N) is 1. The van der Waals surface area contributed by atoms with E-state index in [-0.39, 0.29) is 12.5 Å². The first-order valence-electron chi connectivity index (χ1n) is 2.88. The van der Waals surface area contributed by atoms with E-state index in [9.17, 15) is 9.18 Å². The fourth-order valence-electron chi connectivity index (χ4n) is 0.794. The van der Waals surface area contributed by atoms with Crippen LogP contribution in [-0.4, -0.2) is 37.2 Å². The minimum Gasteiger partial charge on any atom is -0.354 e. The van der Waals surface area contributed by atoms with Crippen LogP contribution < -0.4 is 5.32 Å². The predicted molar refractivity (Wildman–Crippen MR) is 30.6 cm³/mol. The van der Waals surface area contributed by atoms with Gasteiger partial charge in [-0.05, 0) is 0 Å². The van der Waals surface area contributed by atoms with Crippen LogP contribution in [0.3, 0.4) is 0 Å². The topological polar surface area (TPSA) is 32.3 Å². The molecule has 1 rings (SSSR count). The van der Waals surface area contributed by atoms with E-state index in [1.807, 2.05) is 0 Å². The van der Waals surface area contributed by atoms with Gasteiger partial charge in [-0.1, -0.05) is 0 Å². The smallest absolute Gasteiger partial charge is 0.234 e. The van der Waals surface area contributed by atoms with Crippen molar-refractivity contribution in [3.05, 3.63) is 0 Å². The molecule has 0 unspecified atom stereocenters. The summed E-state index contributed by atoms with van der Waals surface area (Å²) in [7, 11) is 0. The normalized spacial score (nSPS) is 21.7. The van der Waals surface area contributed by atoms with E-state index in [0.29, 0.717) is 13.1 Å². The zero-order valence-corrected chi connectivity index (χ0v) is 5.06. The van der Waals surface area contributed by atoms with Gasteiger partial charge in [0.05, 0.1) is 6.54 Å². The van der Waals surface area contributed by atoms with Crippen LogP contribution in [0, 0.1) is 0 Å². The van der Waals surface area contributed by atoms with Crippen molar-refractivity contribution in [3.8, 4) is 0 Å². The molecule has 0 atom stereocenters. The van der Waals surface area contributed by atoms with E-state index >= 15 is 0 Å². The van der Waals surface area contributed by atoms with Crippen LogP contribution in [0.15, 0.2) is 0 Å². The second kappa shape index (κ2) is 2.77. The van der Waals surface area contributed by atoms with Crippen molar-refractivity contribution in [3.63, 3.8) is 0 Å². The zero-order valence-electron chi connectivity index (χ0n) is 5.06. The number of alkyl halides is 1. The second-order valence-corrected chi connectivity index (χ2v) is 2.02. The van der Waals surface area contributed by atoms with Crippen molar-refractivity contribution < 1.29 is 9.18 Å². The molecule has 9 heavy (non-hydrogen) atoms. The predicted octanol–water partition coefficient (Wildman–Crippen LogP) is -0.655. The maximum absolute atomic E-state index is 11.8. The Hall–Kier alpha value is -0.640. The molecule has 0 spiro atoms. The molecule has 1 amide bonds. The molecular formula is C5H9FN2O. The summed E-state index contributed by atoms with van der Waals surface area (Å²) in [5.74, 6) is -0.0844. The van der Waals surface area contributed by atoms with Gasteiger partial charge in [0.1, 0.15) is 6.80 Å². The van der Waals surface area contributed by atoms with Crippen LogP contribution in [0.2, 0.25) is 0 Å². The average molecular weight is 132 g/mol. The quantitative estimate of drug-likeness (QED) is 0.480. The van der Waals surface area contributed by atoms with Crippen molar-refractivity contribution >= 4 is 5.91 Å². The second-order valence-electron chi connectivity index (χ2n) is 2.02. The van der Waals surface area contributed by atoms with Gasteiger partial charge in [-0.2, -0.15) is 0 Å². The number of hydrogen-bond acceptors (Lipinski definition) is 2. The fraction of sp³-hybridized carbons (Fsp3) is 0.800. The van der Waals surface area contributed by atoms with Gasteiger partial charge in [0.2, 0.25) is 5.91 Å². The van der Waals surface area contributed by atoms with Crippen LogP contribution in [-0.2, 0) is 4.79 Å². The Bertz CT molecular complexity index is 118. The fourth-order valence-corrected chi connectivity index (χ4v) is 0.794. The first-order chi connectivity index (χ1) is 4.33. The number of nitrogens with one attached hydrogen (secondary N) is 1. The molecule has 0 aromatic heterocycles. The molecule has 1 heterocycles. The first-order valence-corrected chi connectivity index (χ1v) is 2.88. The lowest BCUT2D eigenvalue weighted by atomic mass is 10.4. The minimum atomic E-state index is -0.520. The third kappa shape index (κ3) is 1.64. The molecule has 1 N–H and O–H groups in total. The van der Waals surface area contributed by atoms with E-state index in [1.165, 1.54) is 4.90 Å². The standard InChI is InChI=1S/C5H9FN2O/c6-4-8-2-1-7-5(9)3-8/h1-4H2,(H,7,9). The van der Waals surface area contributed by atoms with Crippen molar-refractivity contribution in [1.82, 2.24) is 10.2 Å². The Morgan fingerprint density at radius 1 is 1.78 bits per heavy atom. The highest BCUT2D eigenvalue weighted by atomic mass is 19.1. The van der Waals surface area contributed by atoms with Gasteiger partial charge in [0, 0.05) is 13.1 Å². The van der Waals surface area contributed by atoms with Gasteiger partial charge in [-0.3, -0.25) is 9.69 Å². The van der Waals surface area contributed by atoms with E-state index in [4.69, 9.17) is 0 Å². The number of carbonyl (C=O) groups excluding carboxylic acids is 1. The minimum absolute atomic E-state index is 0.0844. The highest BCUT2D eigenvalue weighted by molar-refractivity contribution is 5.78. The van der Waals surface area contributed by atoms with E-state index in [1.54, 1.807) is 0 Å². The molecule has 0 saturated carbocycles. The lowest BCUT2D eigenvalue weighted by Gasteiger charge is -2.22. The van der Waals surface area contributed by atoms with Crippen molar-refractivity contribution in [2.24, 2.45) is 0 Å². The maximum atomic E-state index is 11.8. The van der Waals surface area contributed by atoms with Crippen LogP contribution >= 0.6 is 0 Å². The molecule has 4 heteroatoms. The Morgan fingerprint density at radius 3 is 3.00 bits per heavy atom. The van der Waals surface area contributed by atoms with Crippen LogP contribution in [0.5, 0.6) is 0 Å². The van der Waals surface area contributed by atoms with Crippen LogP contribution in [0.1, 0.15) is 0 Å². The molecule has 3 nitrogen and oxygen atoms in total. The number of hydrogen-bond donors (Lipinski definition) is 1. The van der Waals surface area contributed by atoms with Crippen LogP contribution in [0.4, 0.5) is 4.39 Å². The summed E-state index contributed by atoms with van der Waals surface area (Å²) in [5, 5.41) is 2.60. The first kappa shape index (κ1) is 6.48. The summed E-state index contributed by atoms with van der Waals surface area (Å²) in [6.45, 7) is 0.884. The SMILES string of the molecule is O=C1CN(CF)CCN1. The van der Waals surface area contributed by atoms with Gasteiger partial charge in [0.15, 0.2) is 0 Å². The molecule has 1 saturated heterocycles. The third-order valence-electron chi connectivity index (χ3n) is 1.29. The summed E-state index contributed by atoms with van der Waals surface area (Å²) < 4.78 is 11.8. The van der Waals surface area contributed by atoms with Crippen molar-refractivity contribution in [2.45, 2.75) is 0 Å². The lowest BCUT2D eigenvalue weighted by Crippen LogP contribution is -2.47. The van der Waals surface area contributed by atoms with Gasteiger partial charge in [-0.25, -0.2) is 4.39 Å². The molecule has 0 aromatic rings. The number of carbonyl (C=O) groups is 1. The average Bonchev–Trinajstić information content (AvgIpc) is 1.88. The molecular weight excluding hydrogens is 123 g/mol. The van der Waals surface area contributed by atoms with Gasteiger partial charge in [0.25, 0.3) is 0 Å². The zero-order chi connectivity index (χ0) is 6.69. The van der Waals surface area contributed by atoms with Gasteiger partial charge >= 0.3 is 0 Å². The summed E-state index contributed by atoms with van der Waals surface area (Å²) in [5.41, 5.74) is 0. The third-order valence-corrected chi connectivity index (χ3v) is 1.29. The summed E-state index contributed by atoms with van der Waals surface area (Å²) in [6, 6.07) is 0. The van der Waals surface area contributed by atoms with E-state index in [2.05, 4.69) is 5.32 Å². The molecule has 0 aromatic carbocycles. The molecule has 0 bridgehead atoms. The summed E-state index contributed by atoms with van der Waals surface area (Å²) in [4.78, 5) is 12.0. The monoisotopic (exact) mass is 132 g/mol. The number of rotatable bonds is 1. The molecule has 0 radical (unpaired) electrons. The summed E-state index contributed by atoms with van der Waals surface area (Å²) in [6.07, 6.45) is 0. The Balaban J connectivity index is 2.32. The Morgan fingerprint density at radius 2 is 2.56 bits per heavy atom. The number of piperazine rings is 1. The number of amides is 1. The van der Waals surface area contributed by atoms with Crippen molar-refractivity contribution in [2.75, 3.05) is 26.4 Å². The Kier molecular flexibility index (Phi) is 2.00. The number of halogens is 1. The van der Waals surface area contributed by atoms with E-state index < -0.39 is 6.80 Å². The summed E-state index contributed by atoms with van der Waals surface area (Å²) >= 11 is 0. The highest BCUT2D eigenvalue weighted by Crippen LogP contribution is 1.91. The molecule has 52 valence electrons. The van der Waals surface area contributed by atoms with Gasteiger partial charge < -0.3 is 5.32 Å². The van der Waals surface area contributed by atoms with Gasteiger partial charge in [-0.15, -0.1) is 0 Å². The maximum Gasteiger partial charge on any atom is 0.234 e. The van der Waals surface area contributed by atoms with Crippen LogP contribution in [0.25, 0.3) is 0 Å². The lowest BCUT2D eigenvalue weighted by molar-refractivity contribution is -0.124. The van der Waals surface area contributed by atoms with E-state index in [0.717, 1.165) is 0 Å². The molecule has 1 aliphatic rings. The largest absolute Gasteiger partial charge is 0.354 e. The molecule has 1 aliphatic heterocycles. The van der Waals surface area contributed by atoms with Crippen molar-refractivity contribution in [1.29, 1.82) is 0 Å².